The van der Waals surface area contributed by atoms with Crippen molar-refractivity contribution in [2.24, 2.45) is 5.92 Å². The Balaban J connectivity index is 1.42. The highest BCUT2D eigenvalue weighted by atomic mass is 16.5. The number of hydrogen-bond acceptors (Lipinski definition) is 7. The molecule has 162 valence electrons. The van der Waals surface area contributed by atoms with E-state index < -0.39 is 0 Å². The average Bonchev–Trinajstić information content (AvgIpc) is 2.81. The lowest BCUT2D eigenvalue weighted by molar-refractivity contribution is 0.0339. The van der Waals surface area contributed by atoms with Crippen molar-refractivity contribution in [2.45, 2.75) is 25.4 Å². The molecule has 0 unspecified atom stereocenters. The zero-order valence-electron chi connectivity index (χ0n) is 17.8. The maximum Gasteiger partial charge on any atom is 0.255 e. The van der Waals surface area contributed by atoms with Gasteiger partial charge in [-0.25, -0.2) is 4.98 Å². The Kier molecular flexibility index (Phi) is 5.38. The van der Waals surface area contributed by atoms with Crippen LogP contribution in [0.25, 0.3) is 0 Å². The third-order valence-electron chi connectivity index (χ3n) is 6.72. The van der Waals surface area contributed by atoms with Crippen molar-refractivity contribution >= 4 is 5.69 Å². The van der Waals surface area contributed by atoms with E-state index in [-0.39, 0.29) is 11.5 Å². The summed E-state index contributed by atoms with van der Waals surface area (Å²) < 4.78 is 12.7. The zero-order valence-corrected chi connectivity index (χ0v) is 17.8. The van der Waals surface area contributed by atoms with E-state index in [0.717, 1.165) is 69.3 Å². The molecule has 0 radical (unpaired) electrons. The fraction of sp³-hybridized carbons (Fsp3) is 0.522. The van der Waals surface area contributed by atoms with E-state index in [0.29, 0.717) is 23.9 Å². The van der Waals surface area contributed by atoms with Gasteiger partial charge in [-0.2, -0.15) is 5.26 Å². The molecule has 2 aromatic heterocycles. The summed E-state index contributed by atoms with van der Waals surface area (Å²) in [6.45, 7) is 6.22. The maximum absolute atomic E-state index is 13.3. The van der Waals surface area contributed by atoms with Gasteiger partial charge >= 0.3 is 0 Å². The molecule has 3 aliphatic heterocycles. The number of fused-ring (bicyclic) bond motifs is 4. The van der Waals surface area contributed by atoms with E-state index in [2.05, 4.69) is 26.9 Å². The van der Waals surface area contributed by atoms with E-state index in [4.69, 9.17) is 9.47 Å². The van der Waals surface area contributed by atoms with Gasteiger partial charge in [0.15, 0.2) is 0 Å². The Hall–Kier alpha value is -2.89. The second-order valence-corrected chi connectivity index (χ2v) is 8.62. The summed E-state index contributed by atoms with van der Waals surface area (Å²) in [5.74, 6) is 0.997. The third kappa shape index (κ3) is 3.68. The SMILES string of the molecule is COc1nccc(N2C[C@@H]3C[C@H](C2)c2ccc(CN4CCOCC4)c(=O)n2C3)c1C#N. The first kappa shape index (κ1) is 20.0. The first-order valence-corrected chi connectivity index (χ1v) is 10.9. The number of nitrogens with zero attached hydrogens (tertiary/aromatic N) is 5. The summed E-state index contributed by atoms with van der Waals surface area (Å²) in [7, 11) is 1.54. The summed E-state index contributed by atoms with van der Waals surface area (Å²) in [6, 6.07) is 8.30. The molecule has 5 rings (SSSR count). The van der Waals surface area contributed by atoms with Crippen LogP contribution in [0.2, 0.25) is 0 Å². The Morgan fingerprint density at radius 2 is 2.06 bits per heavy atom. The summed E-state index contributed by atoms with van der Waals surface area (Å²) >= 11 is 0. The molecule has 0 N–H and O–H groups in total. The number of aromatic nitrogens is 2. The smallest absolute Gasteiger partial charge is 0.255 e. The summed E-state index contributed by atoms with van der Waals surface area (Å²) in [4.78, 5) is 22.0. The molecular weight excluding hydrogens is 394 g/mol. The molecule has 0 aliphatic carbocycles. The van der Waals surface area contributed by atoms with Crippen molar-refractivity contribution in [3.8, 4) is 11.9 Å². The molecule has 0 amide bonds. The Bertz CT molecular complexity index is 1070. The van der Waals surface area contributed by atoms with Crippen molar-refractivity contribution < 1.29 is 9.47 Å². The van der Waals surface area contributed by atoms with Crippen molar-refractivity contribution in [3.05, 3.63) is 51.6 Å². The molecule has 0 aromatic carbocycles. The van der Waals surface area contributed by atoms with Crippen molar-refractivity contribution in [1.82, 2.24) is 14.5 Å². The summed E-state index contributed by atoms with van der Waals surface area (Å²) in [5.41, 5.74) is 3.46. The number of piperidine rings is 1. The van der Waals surface area contributed by atoms with Gasteiger partial charge in [-0.1, -0.05) is 6.07 Å². The predicted molar refractivity (Wildman–Crippen MR) is 115 cm³/mol. The summed E-state index contributed by atoms with van der Waals surface area (Å²) in [6.07, 6.45) is 2.76. The number of ether oxygens (including phenoxy) is 2. The predicted octanol–water partition coefficient (Wildman–Crippen LogP) is 1.58. The quantitative estimate of drug-likeness (QED) is 0.741. The van der Waals surface area contributed by atoms with Gasteiger partial charge < -0.3 is 18.9 Å². The lowest BCUT2D eigenvalue weighted by atomic mass is 9.82. The standard InChI is InChI=1S/C23H27N5O3/c1-30-22-19(11-24)21(4-5-25-22)27-12-16-10-18(15-27)20-3-2-17(23(29)28(20)13-16)14-26-6-8-31-9-7-26/h2-5,16,18H,6-10,12-15H2,1H3/t16-,18+/m0/s1. The second kappa shape index (κ2) is 8.33. The fourth-order valence-electron chi connectivity index (χ4n) is 5.26. The fourth-order valence-corrected chi connectivity index (χ4v) is 5.26. The number of pyridine rings is 2. The third-order valence-corrected chi connectivity index (χ3v) is 6.72. The maximum atomic E-state index is 13.3. The number of methoxy groups -OCH3 is 1. The number of hydrogen-bond donors (Lipinski definition) is 0. The topological polar surface area (TPSA) is 83.6 Å². The highest BCUT2D eigenvalue weighted by molar-refractivity contribution is 5.63. The van der Waals surface area contributed by atoms with Crippen LogP contribution in [0.4, 0.5) is 5.69 Å². The van der Waals surface area contributed by atoms with Crippen molar-refractivity contribution in [3.63, 3.8) is 0 Å². The highest BCUT2D eigenvalue weighted by Crippen LogP contribution is 2.38. The van der Waals surface area contributed by atoms with Crippen molar-refractivity contribution in [1.29, 1.82) is 5.26 Å². The van der Waals surface area contributed by atoms with Gasteiger partial charge in [0.25, 0.3) is 5.56 Å². The molecule has 2 fully saturated rings. The van der Waals surface area contributed by atoms with Gasteiger partial charge in [-0.15, -0.1) is 0 Å². The van der Waals surface area contributed by atoms with Gasteiger partial charge in [-0.05, 0) is 24.5 Å². The van der Waals surface area contributed by atoms with Gasteiger partial charge in [0.05, 0.1) is 26.0 Å². The minimum Gasteiger partial charge on any atom is -0.480 e. The molecule has 8 heteroatoms. The van der Waals surface area contributed by atoms with Crippen LogP contribution in [0.5, 0.6) is 5.88 Å². The first-order chi connectivity index (χ1) is 15.2. The lowest BCUT2D eigenvalue weighted by Gasteiger charge is -2.44. The summed E-state index contributed by atoms with van der Waals surface area (Å²) in [5, 5.41) is 9.67. The Labute approximate surface area is 181 Å². The van der Waals surface area contributed by atoms with Crippen LogP contribution in [0, 0.1) is 17.2 Å². The molecule has 0 saturated carbocycles. The van der Waals surface area contributed by atoms with Crippen LogP contribution in [-0.2, 0) is 17.8 Å². The molecule has 2 saturated heterocycles. The number of rotatable bonds is 4. The number of nitriles is 1. The van der Waals surface area contributed by atoms with Crippen LogP contribution in [0.15, 0.2) is 29.2 Å². The molecule has 0 spiro atoms. The van der Waals surface area contributed by atoms with Gasteiger partial charge in [0.2, 0.25) is 5.88 Å². The Morgan fingerprint density at radius 1 is 1.23 bits per heavy atom. The van der Waals surface area contributed by atoms with Crippen LogP contribution in [0.1, 0.15) is 29.2 Å². The van der Waals surface area contributed by atoms with Gasteiger partial charge in [0.1, 0.15) is 11.6 Å². The molecule has 3 aliphatic rings. The minimum absolute atomic E-state index is 0.149. The highest BCUT2D eigenvalue weighted by Gasteiger charge is 2.36. The minimum atomic E-state index is 0.149. The van der Waals surface area contributed by atoms with Crippen LogP contribution < -0.4 is 15.2 Å². The van der Waals surface area contributed by atoms with Crippen molar-refractivity contribution in [2.75, 3.05) is 51.4 Å². The van der Waals surface area contributed by atoms with Crippen LogP contribution in [-0.4, -0.2) is 61.0 Å². The average molecular weight is 422 g/mol. The number of morpholine rings is 1. The van der Waals surface area contributed by atoms with Crippen LogP contribution >= 0.6 is 0 Å². The van der Waals surface area contributed by atoms with E-state index in [9.17, 15) is 10.1 Å². The van der Waals surface area contributed by atoms with Gasteiger partial charge in [-0.3, -0.25) is 9.69 Å². The van der Waals surface area contributed by atoms with Crippen LogP contribution in [0.3, 0.4) is 0 Å². The van der Waals surface area contributed by atoms with E-state index >= 15 is 0 Å². The van der Waals surface area contributed by atoms with E-state index in [1.165, 1.54) is 7.11 Å². The second-order valence-electron chi connectivity index (χ2n) is 8.62. The molecule has 2 aromatic rings. The molecule has 31 heavy (non-hydrogen) atoms. The Morgan fingerprint density at radius 3 is 2.84 bits per heavy atom. The monoisotopic (exact) mass is 421 g/mol. The molecule has 5 heterocycles. The molecule has 2 atom stereocenters. The molecule has 8 nitrogen and oxygen atoms in total. The normalized spacial score (nSPS) is 23.2. The van der Waals surface area contributed by atoms with Gasteiger partial charge in [0, 0.05) is 62.6 Å². The zero-order chi connectivity index (χ0) is 21.4. The molecule has 2 bridgehead atoms. The largest absolute Gasteiger partial charge is 0.480 e. The lowest BCUT2D eigenvalue weighted by Crippen LogP contribution is -2.48. The number of anilines is 1. The molecular formula is C23H27N5O3. The van der Waals surface area contributed by atoms with E-state index in [1.807, 2.05) is 16.7 Å². The first-order valence-electron chi connectivity index (χ1n) is 10.9. The van der Waals surface area contributed by atoms with E-state index in [1.54, 1.807) is 6.20 Å².